The molecule has 1 aromatic carbocycles. The van der Waals surface area contributed by atoms with Crippen molar-refractivity contribution in [3.8, 4) is 0 Å². The number of halogens is 1. The molecule has 0 aliphatic carbocycles. The van der Waals surface area contributed by atoms with Gasteiger partial charge in [-0.2, -0.15) is 11.8 Å². The molecule has 2 rings (SSSR count). The zero-order valence-electron chi connectivity index (χ0n) is 12.8. The van der Waals surface area contributed by atoms with Crippen LogP contribution < -0.4 is 11.1 Å². The fourth-order valence-electron chi connectivity index (χ4n) is 2.28. The molecule has 2 amide bonds. The number of carbonyl (C=O) groups is 2. The minimum atomic E-state index is -0.521. The lowest BCUT2D eigenvalue weighted by molar-refractivity contribution is -0.117. The summed E-state index contributed by atoms with van der Waals surface area (Å²) >= 11 is 1.66. The minimum Gasteiger partial charge on any atom is -0.341 e. The third-order valence-electron chi connectivity index (χ3n) is 3.64. The number of nitrogens with zero attached hydrogens (tertiary/aromatic N) is 1. The lowest BCUT2D eigenvalue weighted by Crippen LogP contribution is -2.36. The Morgan fingerprint density at radius 3 is 2.91 bits per heavy atom. The Labute approximate surface area is 141 Å². The van der Waals surface area contributed by atoms with Crippen molar-refractivity contribution in [3.05, 3.63) is 29.3 Å². The van der Waals surface area contributed by atoms with Gasteiger partial charge < -0.3 is 16.0 Å². The van der Waals surface area contributed by atoms with Gasteiger partial charge in [-0.1, -0.05) is 6.07 Å². The number of hydrogen-bond donors (Lipinski definition) is 2. The van der Waals surface area contributed by atoms with Gasteiger partial charge in [-0.3, -0.25) is 9.59 Å². The van der Waals surface area contributed by atoms with Gasteiger partial charge >= 0.3 is 0 Å². The summed E-state index contributed by atoms with van der Waals surface area (Å²) in [6.07, 6.45) is 3.47. The number of likely N-dealkylation sites (N-methyl/N-ethyl adjacent to an activating group) is 1. The molecule has 1 aliphatic rings. The van der Waals surface area contributed by atoms with Crippen LogP contribution in [0.1, 0.15) is 22.3 Å². The molecule has 0 radical (unpaired) electrons. The molecule has 5 nitrogen and oxygen atoms in total. The van der Waals surface area contributed by atoms with E-state index in [1.165, 1.54) is 0 Å². The van der Waals surface area contributed by atoms with Crippen molar-refractivity contribution in [2.45, 2.75) is 18.9 Å². The van der Waals surface area contributed by atoms with Gasteiger partial charge in [0.25, 0.3) is 5.91 Å². The fraction of sp³-hybridized carbons (Fsp3) is 0.467. The zero-order valence-corrected chi connectivity index (χ0v) is 14.4. The van der Waals surface area contributed by atoms with Crippen molar-refractivity contribution in [2.75, 3.05) is 30.9 Å². The van der Waals surface area contributed by atoms with E-state index in [0.717, 1.165) is 24.3 Å². The molecule has 1 atom stereocenters. The van der Waals surface area contributed by atoms with Gasteiger partial charge in [-0.05, 0) is 42.5 Å². The molecule has 22 heavy (non-hydrogen) atoms. The van der Waals surface area contributed by atoms with Crippen LogP contribution in [0.4, 0.5) is 5.69 Å². The maximum atomic E-state index is 12.1. The normalized spacial score (nSPS) is 14.9. The van der Waals surface area contributed by atoms with E-state index in [4.69, 9.17) is 5.73 Å². The molecule has 7 heteroatoms. The predicted molar refractivity (Wildman–Crippen MR) is 94.0 cm³/mol. The number of anilines is 1. The van der Waals surface area contributed by atoms with Crippen LogP contribution in [0.2, 0.25) is 0 Å². The third-order valence-corrected chi connectivity index (χ3v) is 4.28. The van der Waals surface area contributed by atoms with Gasteiger partial charge in [0, 0.05) is 24.8 Å². The summed E-state index contributed by atoms with van der Waals surface area (Å²) in [5.41, 5.74) is 8.16. The maximum Gasteiger partial charge on any atom is 0.253 e. The Balaban J connectivity index is 0.00000242. The quantitative estimate of drug-likeness (QED) is 0.854. The molecule has 3 N–H and O–H groups in total. The third kappa shape index (κ3) is 4.38. The second-order valence-corrected chi connectivity index (χ2v) is 6.21. The SMILES string of the molecule is CSCC[C@H](N)C(=O)Nc1ccc2c(c1)C(=O)N(C)CC2.Cl. The van der Waals surface area contributed by atoms with Crippen LogP contribution in [-0.2, 0) is 11.2 Å². The van der Waals surface area contributed by atoms with E-state index in [-0.39, 0.29) is 24.2 Å². The second-order valence-electron chi connectivity index (χ2n) is 5.23. The second kappa shape index (κ2) is 8.41. The molecule has 1 heterocycles. The van der Waals surface area contributed by atoms with Crippen molar-refractivity contribution in [2.24, 2.45) is 5.73 Å². The molecule has 0 fully saturated rings. The van der Waals surface area contributed by atoms with Crippen LogP contribution in [-0.4, -0.2) is 48.4 Å². The zero-order chi connectivity index (χ0) is 15.4. The average molecular weight is 344 g/mol. The van der Waals surface area contributed by atoms with E-state index < -0.39 is 6.04 Å². The molecule has 0 saturated heterocycles. The fourth-order valence-corrected chi connectivity index (χ4v) is 2.77. The Hall–Kier alpha value is -1.24. The molecule has 0 spiro atoms. The van der Waals surface area contributed by atoms with Crippen molar-refractivity contribution in [3.63, 3.8) is 0 Å². The summed E-state index contributed by atoms with van der Waals surface area (Å²) < 4.78 is 0. The highest BCUT2D eigenvalue weighted by Gasteiger charge is 2.22. The van der Waals surface area contributed by atoms with Crippen LogP contribution in [0.3, 0.4) is 0 Å². The van der Waals surface area contributed by atoms with E-state index in [2.05, 4.69) is 5.32 Å². The van der Waals surface area contributed by atoms with Gasteiger partial charge in [0.2, 0.25) is 5.91 Å². The molecule has 0 aromatic heterocycles. The van der Waals surface area contributed by atoms with Gasteiger partial charge in [0.05, 0.1) is 6.04 Å². The van der Waals surface area contributed by atoms with Crippen LogP contribution in [0.25, 0.3) is 0 Å². The number of nitrogens with two attached hydrogens (primary N) is 1. The molecule has 0 bridgehead atoms. The first-order chi connectivity index (χ1) is 10.0. The van der Waals surface area contributed by atoms with Crippen molar-refractivity contribution >= 4 is 41.7 Å². The standard InChI is InChI=1S/C15H21N3O2S.ClH/c1-18-7-5-10-3-4-11(9-12(10)15(18)20)17-14(19)13(16)6-8-21-2;/h3-4,9,13H,5-8,16H2,1-2H3,(H,17,19);1H/t13-;/m0./s1. The number of nitrogens with one attached hydrogen (secondary N) is 1. The molecule has 1 aliphatic heterocycles. The first-order valence-corrected chi connectivity index (χ1v) is 8.36. The highest BCUT2D eigenvalue weighted by molar-refractivity contribution is 7.98. The van der Waals surface area contributed by atoms with Gasteiger partial charge in [0.1, 0.15) is 0 Å². The summed E-state index contributed by atoms with van der Waals surface area (Å²) in [6, 6.07) is 4.96. The summed E-state index contributed by atoms with van der Waals surface area (Å²) in [5, 5.41) is 2.79. The highest BCUT2D eigenvalue weighted by atomic mass is 35.5. The first-order valence-electron chi connectivity index (χ1n) is 6.96. The predicted octanol–water partition coefficient (Wildman–Crippen LogP) is 1.76. The van der Waals surface area contributed by atoms with Crippen LogP contribution in [0.15, 0.2) is 18.2 Å². The largest absolute Gasteiger partial charge is 0.341 e. The number of thioether (sulfide) groups is 1. The number of amides is 2. The lowest BCUT2D eigenvalue weighted by Gasteiger charge is -2.25. The van der Waals surface area contributed by atoms with Crippen LogP contribution >= 0.6 is 24.2 Å². The molecule has 1 aromatic rings. The number of benzene rings is 1. The molecular formula is C15H22ClN3O2S. The van der Waals surface area contributed by atoms with Gasteiger partial charge in [0.15, 0.2) is 0 Å². The Kier molecular flexibility index (Phi) is 7.19. The van der Waals surface area contributed by atoms with Gasteiger partial charge in [-0.25, -0.2) is 0 Å². The van der Waals surface area contributed by atoms with E-state index >= 15 is 0 Å². The van der Waals surface area contributed by atoms with Crippen molar-refractivity contribution in [1.29, 1.82) is 0 Å². The minimum absolute atomic E-state index is 0. The Morgan fingerprint density at radius 2 is 2.23 bits per heavy atom. The summed E-state index contributed by atoms with van der Waals surface area (Å²) in [7, 11) is 1.79. The smallest absolute Gasteiger partial charge is 0.253 e. The topological polar surface area (TPSA) is 75.4 Å². The maximum absolute atomic E-state index is 12.1. The van der Waals surface area contributed by atoms with Crippen LogP contribution in [0.5, 0.6) is 0 Å². The Bertz CT molecular complexity index is 554. The Morgan fingerprint density at radius 1 is 1.50 bits per heavy atom. The van der Waals surface area contributed by atoms with E-state index in [0.29, 0.717) is 17.7 Å². The van der Waals surface area contributed by atoms with E-state index in [9.17, 15) is 9.59 Å². The first kappa shape index (κ1) is 18.8. The number of hydrogen-bond acceptors (Lipinski definition) is 4. The average Bonchev–Trinajstić information content (AvgIpc) is 2.49. The number of fused-ring (bicyclic) bond motifs is 1. The molecule has 0 saturated carbocycles. The summed E-state index contributed by atoms with van der Waals surface area (Å²) in [5.74, 6) is 0.641. The summed E-state index contributed by atoms with van der Waals surface area (Å²) in [6.45, 7) is 0.733. The number of rotatable bonds is 5. The highest BCUT2D eigenvalue weighted by Crippen LogP contribution is 2.22. The van der Waals surface area contributed by atoms with Crippen molar-refractivity contribution in [1.82, 2.24) is 4.90 Å². The van der Waals surface area contributed by atoms with E-state index in [1.807, 2.05) is 18.4 Å². The molecule has 0 unspecified atom stereocenters. The molecule has 122 valence electrons. The molecular weight excluding hydrogens is 322 g/mol. The number of carbonyl (C=O) groups excluding carboxylic acids is 2. The lowest BCUT2D eigenvalue weighted by atomic mass is 9.98. The van der Waals surface area contributed by atoms with Gasteiger partial charge in [-0.15, -0.1) is 12.4 Å². The van der Waals surface area contributed by atoms with Crippen molar-refractivity contribution < 1.29 is 9.59 Å². The van der Waals surface area contributed by atoms with E-state index in [1.54, 1.807) is 29.8 Å². The monoisotopic (exact) mass is 343 g/mol. The van der Waals surface area contributed by atoms with Crippen LogP contribution in [0, 0.1) is 0 Å². The summed E-state index contributed by atoms with van der Waals surface area (Å²) in [4.78, 5) is 25.8.